The zero-order valence-corrected chi connectivity index (χ0v) is 9.09. The minimum Gasteiger partial charge on any atom is -0.358 e. The van der Waals surface area contributed by atoms with Crippen LogP contribution >= 0.6 is 0 Å². The van der Waals surface area contributed by atoms with Crippen molar-refractivity contribution >= 4 is 16.9 Å². The average Bonchev–Trinajstić information content (AvgIpc) is 2.88. The van der Waals surface area contributed by atoms with Crippen molar-refractivity contribution in [3.8, 4) is 5.82 Å². The van der Waals surface area contributed by atoms with Crippen LogP contribution in [0.4, 0.5) is 5.82 Å². The van der Waals surface area contributed by atoms with Crippen LogP contribution < -0.4 is 0 Å². The molecule has 0 aliphatic heterocycles. The van der Waals surface area contributed by atoms with Crippen molar-refractivity contribution in [2.75, 3.05) is 0 Å². The van der Waals surface area contributed by atoms with E-state index in [0.29, 0.717) is 11.3 Å². The Kier molecular flexibility index (Phi) is 2.23. The number of nitrogens with zero attached hydrogens (tertiary/aromatic N) is 5. The number of benzene rings is 1. The third-order valence-electron chi connectivity index (χ3n) is 2.43. The largest absolute Gasteiger partial charge is 0.390 e. The maximum Gasteiger partial charge on any atom is 0.390 e. The smallest absolute Gasteiger partial charge is 0.358 e. The van der Waals surface area contributed by atoms with E-state index >= 15 is 0 Å². The molecule has 7 heteroatoms. The van der Waals surface area contributed by atoms with Gasteiger partial charge >= 0.3 is 5.82 Å². The summed E-state index contributed by atoms with van der Waals surface area (Å²) in [5.41, 5.74) is 1.48. The van der Waals surface area contributed by atoms with Crippen molar-refractivity contribution in [2.24, 2.45) is 0 Å². The Balaban J connectivity index is 2.10. The molecule has 3 rings (SSSR count). The van der Waals surface area contributed by atoms with Crippen LogP contribution in [-0.4, -0.2) is 24.7 Å². The molecule has 0 amide bonds. The van der Waals surface area contributed by atoms with E-state index in [1.807, 2.05) is 24.3 Å². The Hall–Kier alpha value is -2.83. The number of fused-ring (bicyclic) bond motifs is 1. The van der Waals surface area contributed by atoms with Crippen molar-refractivity contribution < 1.29 is 4.92 Å². The molecule has 2 heterocycles. The van der Waals surface area contributed by atoms with Crippen LogP contribution in [0.25, 0.3) is 16.9 Å². The fourth-order valence-electron chi connectivity index (χ4n) is 1.60. The predicted octanol–water partition coefficient (Wildman–Crippen LogP) is 1.72. The fraction of sp³-hybridized carbons (Fsp3) is 0. The molecule has 0 spiro atoms. The number of hydrogen-bond acceptors (Lipinski definition) is 5. The standard InChI is InChI=1S/C11H7N5O2/c17-16(18)10-5-6-15(14-10)11-7-12-8-3-1-2-4-9(8)13-11/h1-7H. The summed E-state index contributed by atoms with van der Waals surface area (Å²) < 4.78 is 1.33. The lowest BCUT2D eigenvalue weighted by Crippen LogP contribution is -2.00. The van der Waals surface area contributed by atoms with Gasteiger partial charge in [0.1, 0.15) is 0 Å². The number of rotatable bonds is 2. The SMILES string of the molecule is O=[N+]([O-])c1ccn(-c2cnc3ccccc3n2)n1. The first-order chi connectivity index (χ1) is 8.74. The van der Waals surface area contributed by atoms with Crippen LogP contribution in [0.1, 0.15) is 0 Å². The molecular weight excluding hydrogens is 234 g/mol. The molecule has 3 aromatic rings. The Morgan fingerprint density at radius 2 is 1.94 bits per heavy atom. The highest BCUT2D eigenvalue weighted by molar-refractivity contribution is 5.74. The van der Waals surface area contributed by atoms with Crippen LogP contribution in [-0.2, 0) is 0 Å². The quantitative estimate of drug-likeness (QED) is 0.503. The molecule has 1 aromatic carbocycles. The van der Waals surface area contributed by atoms with Gasteiger partial charge in [-0.15, -0.1) is 4.68 Å². The van der Waals surface area contributed by atoms with Crippen molar-refractivity contribution in [2.45, 2.75) is 0 Å². The van der Waals surface area contributed by atoms with Crippen molar-refractivity contribution in [3.63, 3.8) is 0 Å². The van der Waals surface area contributed by atoms with Crippen LogP contribution in [0.2, 0.25) is 0 Å². The lowest BCUT2D eigenvalue weighted by Gasteiger charge is -1.98. The summed E-state index contributed by atoms with van der Waals surface area (Å²) in [6, 6.07) is 8.71. The van der Waals surface area contributed by atoms with E-state index in [4.69, 9.17) is 0 Å². The Bertz CT molecular complexity index is 737. The van der Waals surface area contributed by atoms with E-state index in [2.05, 4.69) is 15.1 Å². The van der Waals surface area contributed by atoms with E-state index in [1.54, 1.807) is 0 Å². The molecule has 0 unspecified atom stereocenters. The van der Waals surface area contributed by atoms with Gasteiger partial charge in [-0.05, 0) is 17.1 Å². The summed E-state index contributed by atoms with van der Waals surface area (Å²) in [7, 11) is 0. The van der Waals surface area contributed by atoms with Gasteiger partial charge in [-0.1, -0.05) is 12.1 Å². The predicted molar refractivity (Wildman–Crippen MR) is 63.3 cm³/mol. The van der Waals surface area contributed by atoms with E-state index in [-0.39, 0.29) is 5.82 Å². The molecule has 0 aliphatic rings. The molecule has 7 nitrogen and oxygen atoms in total. The lowest BCUT2D eigenvalue weighted by molar-refractivity contribution is -0.389. The maximum atomic E-state index is 10.6. The summed E-state index contributed by atoms with van der Waals surface area (Å²) in [6.45, 7) is 0. The minimum absolute atomic E-state index is 0.218. The van der Waals surface area contributed by atoms with Gasteiger partial charge in [0.2, 0.25) is 0 Å². The second kappa shape index (κ2) is 3.88. The highest BCUT2D eigenvalue weighted by atomic mass is 16.6. The lowest BCUT2D eigenvalue weighted by atomic mass is 10.3. The number of nitro groups is 1. The van der Waals surface area contributed by atoms with Crippen LogP contribution in [0.3, 0.4) is 0 Å². The van der Waals surface area contributed by atoms with Gasteiger partial charge in [0.15, 0.2) is 5.82 Å². The third kappa shape index (κ3) is 1.67. The van der Waals surface area contributed by atoms with Crippen molar-refractivity contribution in [1.82, 2.24) is 19.7 Å². The van der Waals surface area contributed by atoms with Crippen molar-refractivity contribution in [3.05, 3.63) is 52.8 Å². The Morgan fingerprint density at radius 3 is 2.67 bits per heavy atom. The number of aromatic nitrogens is 4. The third-order valence-corrected chi connectivity index (χ3v) is 2.43. The second-order valence-corrected chi connectivity index (χ2v) is 3.59. The van der Waals surface area contributed by atoms with Gasteiger partial charge in [-0.3, -0.25) is 4.98 Å². The molecule has 0 N–H and O–H groups in total. The highest BCUT2D eigenvalue weighted by Crippen LogP contribution is 2.13. The van der Waals surface area contributed by atoms with Gasteiger partial charge in [0.05, 0.1) is 34.6 Å². The summed E-state index contributed by atoms with van der Waals surface area (Å²) in [5.74, 6) is 0.228. The molecule has 0 saturated carbocycles. The van der Waals surface area contributed by atoms with E-state index < -0.39 is 4.92 Å². The first-order valence-corrected chi connectivity index (χ1v) is 5.16. The molecule has 2 aromatic heterocycles. The first-order valence-electron chi connectivity index (χ1n) is 5.16. The Labute approximate surface area is 101 Å². The molecule has 0 atom stereocenters. The average molecular weight is 241 g/mol. The molecule has 18 heavy (non-hydrogen) atoms. The normalized spacial score (nSPS) is 10.7. The first kappa shape index (κ1) is 10.3. The molecule has 88 valence electrons. The summed E-state index contributed by atoms with van der Waals surface area (Å²) in [5, 5.41) is 14.4. The zero-order valence-electron chi connectivity index (χ0n) is 9.09. The number of para-hydroxylation sites is 2. The van der Waals surface area contributed by atoms with Gasteiger partial charge in [0, 0.05) is 0 Å². The summed E-state index contributed by atoms with van der Waals surface area (Å²) >= 11 is 0. The molecule has 0 bridgehead atoms. The highest BCUT2D eigenvalue weighted by Gasteiger charge is 2.13. The topological polar surface area (TPSA) is 86.7 Å². The van der Waals surface area contributed by atoms with Crippen LogP contribution in [0.15, 0.2) is 42.7 Å². The van der Waals surface area contributed by atoms with E-state index in [9.17, 15) is 10.1 Å². The summed E-state index contributed by atoms with van der Waals surface area (Å²) in [4.78, 5) is 18.6. The molecule has 0 saturated heterocycles. The maximum absolute atomic E-state index is 10.6. The van der Waals surface area contributed by atoms with E-state index in [0.717, 1.165) is 5.52 Å². The van der Waals surface area contributed by atoms with Crippen molar-refractivity contribution in [1.29, 1.82) is 0 Å². The summed E-state index contributed by atoms with van der Waals surface area (Å²) in [6.07, 6.45) is 3.01. The minimum atomic E-state index is -0.551. The number of hydrogen-bond donors (Lipinski definition) is 0. The molecule has 0 aliphatic carbocycles. The van der Waals surface area contributed by atoms with E-state index in [1.165, 1.54) is 23.1 Å². The molecule has 0 radical (unpaired) electrons. The fourth-order valence-corrected chi connectivity index (χ4v) is 1.60. The zero-order chi connectivity index (χ0) is 12.5. The second-order valence-electron chi connectivity index (χ2n) is 3.59. The Morgan fingerprint density at radius 1 is 1.17 bits per heavy atom. The van der Waals surface area contributed by atoms with Gasteiger partial charge in [-0.25, -0.2) is 4.98 Å². The van der Waals surface area contributed by atoms with Gasteiger partial charge < -0.3 is 10.1 Å². The van der Waals surface area contributed by atoms with Crippen LogP contribution in [0.5, 0.6) is 0 Å². The van der Waals surface area contributed by atoms with Crippen LogP contribution in [0, 0.1) is 10.1 Å². The monoisotopic (exact) mass is 241 g/mol. The van der Waals surface area contributed by atoms with Gasteiger partial charge in [-0.2, -0.15) is 0 Å². The molecule has 0 fully saturated rings. The van der Waals surface area contributed by atoms with Gasteiger partial charge in [0.25, 0.3) is 0 Å². The molecular formula is C11H7N5O2.